The Balaban J connectivity index is 2.65. The van der Waals surface area contributed by atoms with Crippen LogP contribution in [-0.4, -0.2) is 18.4 Å². The maximum Gasteiger partial charge on any atom is 0.234 e. The summed E-state index contributed by atoms with van der Waals surface area (Å²) in [6.45, 7) is 2.09. The quantitative estimate of drug-likeness (QED) is 0.510. The van der Waals surface area contributed by atoms with Crippen molar-refractivity contribution in [2.45, 2.75) is 45.4 Å². The molecule has 14 heavy (non-hydrogen) atoms. The van der Waals surface area contributed by atoms with E-state index in [2.05, 4.69) is 4.99 Å². The Bertz CT molecular complexity index is 242. The summed E-state index contributed by atoms with van der Waals surface area (Å²) in [5, 5.41) is 0. The highest BCUT2D eigenvalue weighted by Gasteiger charge is 2.32. The average Bonchev–Trinajstić information content (AvgIpc) is 2.15. The molecule has 3 heteroatoms. The first-order chi connectivity index (χ1) is 6.68. The molecule has 0 unspecified atom stereocenters. The number of Topliss-reactive ketones (excluding diaryl/α,β-unsaturated/α-hetero) is 1. The van der Waals surface area contributed by atoms with Crippen molar-refractivity contribution in [3.8, 4) is 0 Å². The van der Waals surface area contributed by atoms with Crippen molar-refractivity contribution >= 4 is 11.9 Å². The van der Waals surface area contributed by atoms with Crippen molar-refractivity contribution in [1.82, 2.24) is 0 Å². The van der Waals surface area contributed by atoms with Gasteiger partial charge in [0.1, 0.15) is 5.78 Å². The van der Waals surface area contributed by atoms with Gasteiger partial charge in [0.2, 0.25) is 6.08 Å². The van der Waals surface area contributed by atoms with Gasteiger partial charge < -0.3 is 4.79 Å². The molecule has 0 radical (unpaired) electrons. The SMILES string of the molecule is CC(=O)CC1(CN=C=O)CCCCC1. The zero-order valence-corrected chi connectivity index (χ0v) is 8.71. The topological polar surface area (TPSA) is 46.5 Å². The minimum atomic E-state index is -0.0263. The first-order valence-corrected chi connectivity index (χ1v) is 5.22. The molecule has 1 rings (SSSR count). The lowest BCUT2D eigenvalue weighted by Gasteiger charge is -2.34. The normalized spacial score (nSPS) is 19.8. The van der Waals surface area contributed by atoms with Crippen LogP contribution < -0.4 is 0 Å². The Labute approximate surface area is 84.6 Å². The molecule has 0 saturated heterocycles. The van der Waals surface area contributed by atoms with E-state index in [1.54, 1.807) is 13.0 Å². The van der Waals surface area contributed by atoms with E-state index in [-0.39, 0.29) is 11.2 Å². The molecular formula is C11H17NO2. The summed E-state index contributed by atoms with van der Waals surface area (Å²) < 4.78 is 0. The lowest BCUT2D eigenvalue weighted by atomic mass is 9.71. The first-order valence-electron chi connectivity index (χ1n) is 5.22. The second-order valence-electron chi connectivity index (χ2n) is 4.35. The average molecular weight is 195 g/mol. The van der Waals surface area contributed by atoms with Gasteiger partial charge in [-0.2, -0.15) is 0 Å². The zero-order valence-electron chi connectivity index (χ0n) is 8.71. The highest BCUT2D eigenvalue weighted by Crippen LogP contribution is 2.39. The van der Waals surface area contributed by atoms with Crippen molar-refractivity contribution in [2.75, 3.05) is 6.54 Å². The molecule has 0 aliphatic heterocycles. The Hall–Kier alpha value is -0.950. The third kappa shape index (κ3) is 3.08. The molecule has 0 aromatic carbocycles. The first kappa shape index (κ1) is 11.1. The van der Waals surface area contributed by atoms with Crippen LogP contribution >= 0.6 is 0 Å². The molecule has 78 valence electrons. The largest absolute Gasteiger partial charge is 0.300 e. The predicted octanol–water partition coefficient (Wildman–Crippen LogP) is 2.25. The van der Waals surface area contributed by atoms with Gasteiger partial charge in [-0.1, -0.05) is 19.3 Å². The molecule has 0 aromatic rings. The zero-order chi connectivity index (χ0) is 10.4. The summed E-state index contributed by atoms with van der Waals surface area (Å²) in [5.74, 6) is 0.202. The number of carbonyl (C=O) groups is 1. The molecule has 0 aromatic heterocycles. The summed E-state index contributed by atoms with van der Waals surface area (Å²) in [5.41, 5.74) is -0.0263. The van der Waals surface area contributed by atoms with E-state index in [9.17, 15) is 9.59 Å². The lowest BCUT2D eigenvalue weighted by Crippen LogP contribution is -2.29. The number of carbonyl (C=O) groups excluding carboxylic acids is 2. The molecule has 1 fully saturated rings. The van der Waals surface area contributed by atoms with Crippen molar-refractivity contribution in [3.05, 3.63) is 0 Å². The molecule has 3 nitrogen and oxygen atoms in total. The number of isocyanates is 1. The van der Waals surface area contributed by atoms with Crippen LogP contribution in [0.5, 0.6) is 0 Å². The van der Waals surface area contributed by atoms with E-state index >= 15 is 0 Å². The predicted molar refractivity (Wildman–Crippen MR) is 53.8 cm³/mol. The van der Waals surface area contributed by atoms with E-state index < -0.39 is 0 Å². The number of ketones is 1. The third-order valence-electron chi connectivity index (χ3n) is 3.02. The van der Waals surface area contributed by atoms with Gasteiger partial charge in [-0.15, -0.1) is 0 Å². The van der Waals surface area contributed by atoms with Crippen molar-refractivity contribution < 1.29 is 9.59 Å². The van der Waals surface area contributed by atoms with Crippen LogP contribution in [0, 0.1) is 5.41 Å². The second kappa shape index (κ2) is 5.06. The summed E-state index contributed by atoms with van der Waals surface area (Å²) in [4.78, 5) is 24.9. The van der Waals surface area contributed by atoms with Crippen LogP contribution in [0.4, 0.5) is 0 Å². The molecule has 0 bridgehead atoms. The minimum Gasteiger partial charge on any atom is -0.300 e. The lowest BCUT2D eigenvalue weighted by molar-refractivity contribution is -0.119. The van der Waals surface area contributed by atoms with Gasteiger partial charge in [-0.25, -0.2) is 9.79 Å². The monoisotopic (exact) mass is 195 g/mol. The van der Waals surface area contributed by atoms with Gasteiger partial charge in [0.05, 0.1) is 6.54 Å². The van der Waals surface area contributed by atoms with Crippen LogP contribution in [0.15, 0.2) is 4.99 Å². The number of rotatable bonds is 4. The summed E-state index contributed by atoms with van der Waals surface area (Å²) in [6.07, 6.45) is 7.74. The Morgan fingerprint density at radius 1 is 1.36 bits per heavy atom. The Kier molecular flexibility index (Phi) is 4.02. The van der Waals surface area contributed by atoms with Gasteiger partial charge in [0, 0.05) is 6.42 Å². The van der Waals surface area contributed by atoms with Crippen LogP contribution in [0.2, 0.25) is 0 Å². The molecule has 0 heterocycles. The molecule has 0 spiro atoms. The smallest absolute Gasteiger partial charge is 0.234 e. The second-order valence-corrected chi connectivity index (χ2v) is 4.35. The van der Waals surface area contributed by atoms with Gasteiger partial charge >= 0.3 is 0 Å². The number of nitrogens with zero attached hydrogens (tertiary/aromatic N) is 1. The fraction of sp³-hybridized carbons (Fsp3) is 0.818. The van der Waals surface area contributed by atoms with E-state index in [0.717, 1.165) is 25.7 Å². The highest BCUT2D eigenvalue weighted by atomic mass is 16.1. The molecular weight excluding hydrogens is 178 g/mol. The number of hydrogen-bond donors (Lipinski definition) is 0. The standard InChI is InChI=1S/C11H17NO2/c1-10(14)7-11(8-12-9-13)5-3-2-4-6-11/h2-8H2,1H3. The van der Waals surface area contributed by atoms with Gasteiger partial charge in [-0.3, -0.25) is 0 Å². The highest BCUT2D eigenvalue weighted by molar-refractivity contribution is 5.76. The van der Waals surface area contributed by atoms with Crippen LogP contribution in [0.25, 0.3) is 0 Å². The fourth-order valence-electron chi connectivity index (χ4n) is 2.42. The third-order valence-corrected chi connectivity index (χ3v) is 3.02. The number of hydrogen-bond acceptors (Lipinski definition) is 3. The Morgan fingerprint density at radius 2 is 2.00 bits per heavy atom. The molecule has 0 atom stereocenters. The molecule has 0 amide bonds. The summed E-state index contributed by atoms with van der Waals surface area (Å²) in [7, 11) is 0. The van der Waals surface area contributed by atoms with Crippen LogP contribution in [-0.2, 0) is 9.59 Å². The minimum absolute atomic E-state index is 0.0263. The van der Waals surface area contributed by atoms with E-state index in [4.69, 9.17) is 0 Å². The molecule has 0 N–H and O–H groups in total. The van der Waals surface area contributed by atoms with Crippen LogP contribution in [0.3, 0.4) is 0 Å². The summed E-state index contributed by atoms with van der Waals surface area (Å²) >= 11 is 0. The van der Waals surface area contributed by atoms with Crippen molar-refractivity contribution in [1.29, 1.82) is 0 Å². The Morgan fingerprint density at radius 3 is 2.50 bits per heavy atom. The maximum atomic E-state index is 11.1. The molecule has 1 aliphatic carbocycles. The fourth-order valence-corrected chi connectivity index (χ4v) is 2.42. The molecule has 1 saturated carbocycles. The van der Waals surface area contributed by atoms with Gasteiger partial charge in [0.15, 0.2) is 0 Å². The van der Waals surface area contributed by atoms with Crippen molar-refractivity contribution in [3.63, 3.8) is 0 Å². The number of aliphatic imine (C=N–C) groups is 1. The van der Waals surface area contributed by atoms with E-state index in [0.29, 0.717) is 13.0 Å². The summed E-state index contributed by atoms with van der Waals surface area (Å²) in [6, 6.07) is 0. The van der Waals surface area contributed by atoms with Crippen molar-refractivity contribution in [2.24, 2.45) is 10.4 Å². The van der Waals surface area contributed by atoms with Crippen LogP contribution in [0.1, 0.15) is 45.4 Å². The van der Waals surface area contributed by atoms with Gasteiger partial charge in [0.25, 0.3) is 0 Å². The van der Waals surface area contributed by atoms with E-state index in [1.165, 1.54) is 6.42 Å². The molecule has 1 aliphatic rings. The maximum absolute atomic E-state index is 11.1. The van der Waals surface area contributed by atoms with E-state index in [1.807, 2.05) is 0 Å². The van der Waals surface area contributed by atoms with Gasteiger partial charge in [-0.05, 0) is 25.2 Å².